The lowest BCUT2D eigenvalue weighted by molar-refractivity contribution is -0.137. The summed E-state index contributed by atoms with van der Waals surface area (Å²) < 4.78 is 60.8. The van der Waals surface area contributed by atoms with E-state index in [0.717, 1.165) is 17.0 Å². The van der Waals surface area contributed by atoms with Gasteiger partial charge >= 0.3 is 6.18 Å². The molecule has 2 heterocycles. The highest BCUT2D eigenvalue weighted by Gasteiger charge is 2.58. The van der Waals surface area contributed by atoms with E-state index in [9.17, 15) is 27.2 Å². The molecule has 0 bridgehead atoms. The van der Waals surface area contributed by atoms with Gasteiger partial charge in [0, 0.05) is 25.8 Å². The summed E-state index contributed by atoms with van der Waals surface area (Å²) in [5, 5.41) is 11.4. The predicted octanol–water partition coefficient (Wildman–Crippen LogP) is 3.56. The second-order valence-electron chi connectivity index (χ2n) is 7.81. The van der Waals surface area contributed by atoms with Gasteiger partial charge < -0.3 is 15.0 Å². The first kappa shape index (κ1) is 23.3. The fourth-order valence-electron chi connectivity index (χ4n) is 4.29. The number of nitrogens with one attached hydrogen (secondary N) is 1. The summed E-state index contributed by atoms with van der Waals surface area (Å²) in [6.45, 7) is 4.01. The van der Waals surface area contributed by atoms with Crippen LogP contribution in [0.5, 0.6) is 0 Å². The molecule has 2 amide bonds. The normalized spacial score (nSPS) is 20.2. The van der Waals surface area contributed by atoms with Gasteiger partial charge in [-0.05, 0) is 36.4 Å². The number of ether oxygens (including phenoxy) is 1. The second kappa shape index (κ2) is 8.14. The quantitative estimate of drug-likeness (QED) is 0.688. The van der Waals surface area contributed by atoms with Crippen LogP contribution < -0.4 is 15.1 Å². The van der Waals surface area contributed by atoms with E-state index in [1.165, 1.54) is 36.2 Å². The highest BCUT2D eigenvalue weighted by molar-refractivity contribution is 6.10. The van der Waals surface area contributed by atoms with E-state index in [0.29, 0.717) is 6.07 Å². The van der Waals surface area contributed by atoms with Gasteiger partial charge in [0.15, 0.2) is 5.54 Å². The first-order valence-corrected chi connectivity index (χ1v) is 10.1. The Morgan fingerprint density at radius 3 is 2.50 bits per heavy atom. The molecule has 0 radical (unpaired) electrons. The average molecular weight is 474 g/mol. The van der Waals surface area contributed by atoms with Crippen molar-refractivity contribution in [2.45, 2.75) is 18.1 Å². The summed E-state index contributed by atoms with van der Waals surface area (Å²) in [6.07, 6.45) is -4.64. The van der Waals surface area contributed by atoms with Gasteiger partial charge in [-0.15, -0.1) is 0 Å². The minimum Gasteiger partial charge on any atom is -0.378 e. The second-order valence-corrected chi connectivity index (χ2v) is 7.81. The molecule has 1 atom stereocenters. The number of rotatable bonds is 3. The van der Waals surface area contributed by atoms with Gasteiger partial charge in [-0.3, -0.25) is 14.5 Å². The van der Waals surface area contributed by atoms with Gasteiger partial charge in [0.05, 0.1) is 35.1 Å². The summed E-state index contributed by atoms with van der Waals surface area (Å²) in [7, 11) is 1.35. The van der Waals surface area contributed by atoms with Crippen LogP contribution in [0.2, 0.25) is 0 Å². The summed E-state index contributed by atoms with van der Waals surface area (Å²) in [6, 6.07) is 8.15. The van der Waals surface area contributed by atoms with Gasteiger partial charge in [-0.25, -0.2) is 4.39 Å². The maximum atomic E-state index is 14.7. The largest absolute Gasteiger partial charge is 0.417 e. The van der Waals surface area contributed by atoms with E-state index in [4.69, 9.17) is 10.00 Å². The Bertz CT molecular complexity index is 1250. The van der Waals surface area contributed by atoms with Gasteiger partial charge in [0.2, 0.25) is 0 Å². The molecular weight excluding hydrogens is 456 g/mol. The van der Waals surface area contributed by atoms with Crippen LogP contribution in [0.1, 0.15) is 27.9 Å². The number of nitrogens with zero attached hydrogens (tertiary/aromatic N) is 3. The van der Waals surface area contributed by atoms with Gasteiger partial charge in [-0.2, -0.15) is 18.4 Å². The first-order chi connectivity index (χ1) is 16.0. The summed E-state index contributed by atoms with van der Waals surface area (Å²) in [5.41, 5.74) is -3.30. The van der Waals surface area contributed by atoms with Gasteiger partial charge in [0.25, 0.3) is 11.8 Å². The number of carbonyl (C=O) groups is 2. The number of benzene rings is 2. The van der Waals surface area contributed by atoms with Crippen molar-refractivity contribution in [2.75, 3.05) is 30.1 Å². The topological polar surface area (TPSA) is 85.7 Å². The third-order valence-corrected chi connectivity index (χ3v) is 5.92. The molecule has 0 aliphatic carbocycles. The molecule has 2 fully saturated rings. The van der Waals surface area contributed by atoms with Crippen LogP contribution in [0.15, 0.2) is 48.8 Å². The molecule has 1 spiro atoms. The number of hydrogen-bond acceptors (Lipinski definition) is 5. The summed E-state index contributed by atoms with van der Waals surface area (Å²) in [5.74, 6) is -2.09. The van der Waals surface area contributed by atoms with Crippen molar-refractivity contribution in [3.63, 3.8) is 0 Å². The van der Waals surface area contributed by atoms with Crippen LogP contribution >= 0.6 is 0 Å². The van der Waals surface area contributed by atoms with Crippen molar-refractivity contribution in [2.24, 2.45) is 0 Å². The number of alkyl halides is 3. The monoisotopic (exact) mass is 474 g/mol. The molecule has 176 valence electrons. The molecule has 34 heavy (non-hydrogen) atoms. The van der Waals surface area contributed by atoms with Crippen LogP contribution in [0.3, 0.4) is 0 Å². The molecule has 2 aliphatic rings. The minimum absolute atomic E-state index is 0.0135. The molecule has 1 N–H and O–H groups in total. The van der Waals surface area contributed by atoms with Crippen molar-refractivity contribution in [1.82, 2.24) is 5.32 Å². The smallest absolute Gasteiger partial charge is 0.378 e. The van der Waals surface area contributed by atoms with Crippen LogP contribution in [0.25, 0.3) is 0 Å². The summed E-state index contributed by atoms with van der Waals surface area (Å²) >= 11 is 0. The number of hydrogen-bond donors (Lipinski definition) is 1. The maximum absolute atomic E-state index is 14.7. The zero-order valence-corrected chi connectivity index (χ0v) is 17.9. The maximum Gasteiger partial charge on any atom is 0.417 e. The number of amides is 2. The Morgan fingerprint density at radius 1 is 1.24 bits per heavy atom. The van der Waals surface area contributed by atoms with E-state index in [-0.39, 0.29) is 42.4 Å². The zero-order chi connectivity index (χ0) is 24.8. The lowest BCUT2D eigenvalue weighted by Gasteiger charge is -2.32. The van der Waals surface area contributed by atoms with E-state index in [2.05, 4.69) is 11.9 Å². The Balaban J connectivity index is 1.83. The van der Waals surface area contributed by atoms with Crippen LogP contribution in [0, 0.1) is 17.1 Å². The molecule has 7 nitrogen and oxygen atoms in total. The number of nitriles is 1. The Kier molecular flexibility index (Phi) is 5.57. The minimum atomic E-state index is -4.82. The zero-order valence-electron chi connectivity index (χ0n) is 17.9. The molecule has 11 heteroatoms. The molecule has 2 aromatic rings. The van der Waals surface area contributed by atoms with E-state index < -0.39 is 40.5 Å². The Morgan fingerprint density at radius 2 is 1.94 bits per heavy atom. The van der Waals surface area contributed by atoms with E-state index in [1.54, 1.807) is 0 Å². The molecule has 2 saturated heterocycles. The fraction of sp³-hybridized carbons (Fsp3) is 0.261. The Hall–Kier alpha value is -3.91. The van der Waals surface area contributed by atoms with E-state index in [1.807, 2.05) is 0 Å². The third-order valence-electron chi connectivity index (χ3n) is 5.92. The highest BCUT2D eigenvalue weighted by atomic mass is 19.4. The number of carbonyl (C=O) groups excluding carboxylic acids is 2. The van der Waals surface area contributed by atoms with Crippen LogP contribution in [-0.4, -0.2) is 37.6 Å². The molecule has 0 saturated carbocycles. The average Bonchev–Trinajstić information content (AvgIpc) is 3.36. The van der Waals surface area contributed by atoms with Crippen molar-refractivity contribution >= 4 is 23.2 Å². The molecular formula is C23H18F4N4O3. The Labute approximate surface area is 191 Å². The third kappa shape index (κ3) is 3.47. The van der Waals surface area contributed by atoms with Crippen molar-refractivity contribution < 1.29 is 31.9 Å². The van der Waals surface area contributed by atoms with Crippen LogP contribution in [-0.2, 0) is 15.7 Å². The summed E-state index contributed by atoms with van der Waals surface area (Å²) in [4.78, 5) is 27.9. The molecule has 0 aromatic heterocycles. The fourth-order valence-corrected chi connectivity index (χ4v) is 4.29. The predicted molar refractivity (Wildman–Crippen MR) is 113 cm³/mol. The molecule has 2 aliphatic heterocycles. The van der Waals surface area contributed by atoms with Gasteiger partial charge in [-0.1, -0.05) is 6.58 Å². The number of anilines is 2. The molecule has 4 rings (SSSR count). The first-order valence-electron chi connectivity index (χ1n) is 10.1. The van der Waals surface area contributed by atoms with Gasteiger partial charge in [0.1, 0.15) is 11.6 Å². The molecule has 0 unspecified atom stereocenters. The SMILES string of the molecule is C=C1N(c2ccc(C#N)c(C(F)(F)F)c2)C(=O)[C@]2(CCOC2)N1c1ccc(C(=O)NC)c(F)c1. The van der Waals surface area contributed by atoms with Crippen LogP contribution in [0.4, 0.5) is 28.9 Å². The number of halogens is 4. The van der Waals surface area contributed by atoms with E-state index >= 15 is 0 Å². The lowest BCUT2D eigenvalue weighted by Crippen LogP contribution is -2.50. The standard InChI is InChI=1S/C23H18F4N4O3/c1-13-30(15-4-3-14(11-28)18(9-15)23(25,26)27)21(33)22(7-8-34-12-22)31(13)16-5-6-17(19(24)10-16)20(32)29-2/h3-6,9-10H,1,7-8,12H2,2H3,(H,29,32)/t22-/m1/s1. The van der Waals surface area contributed by atoms with Crippen molar-refractivity contribution in [1.29, 1.82) is 5.26 Å². The highest BCUT2D eigenvalue weighted by Crippen LogP contribution is 2.45. The lowest BCUT2D eigenvalue weighted by atomic mass is 9.95. The molecule has 2 aromatic carbocycles. The van der Waals surface area contributed by atoms with Crippen molar-refractivity contribution in [3.8, 4) is 6.07 Å². The van der Waals surface area contributed by atoms with Crippen molar-refractivity contribution in [3.05, 3.63) is 71.3 Å².